The van der Waals surface area contributed by atoms with Crippen LogP contribution in [0.15, 0.2) is 6.20 Å². The number of carboxylic acids is 1. The quantitative estimate of drug-likeness (QED) is 0.730. The van der Waals surface area contributed by atoms with Gasteiger partial charge < -0.3 is 5.11 Å². The predicted molar refractivity (Wildman–Crippen MR) is 65.4 cm³/mol. The summed E-state index contributed by atoms with van der Waals surface area (Å²) in [5.74, 6) is -1.17. The van der Waals surface area contributed by atoms with Crippen molar-refractivity contribution in [3.8, 4) is 0 Å². The van der Waals surface area contributed by atoms with Crippen LogP contribution in [0.25, 0.3) is 0 Å². The number of aryl methyl sites for hydroxylation is 2. The van der Waals surface area contributed by atoms with Gasteiger partial charge in [-0.2, -0.15) is 5.10 Å². The van der Waals surface area contributed by atoms with Crippen LogP contribution in [-0.2, 0) is 28.4 Å². The number of hydrogen-bond acceptors (Lipinski definition) is 4. The predicted octanol–water partition coefficient (Wildman–Crippen LogP) is 0.0127. The average Bonchev–Trinajstić information content (AvgIpc) is 2.53. The average molecular weight is 275 g/mol. The van der Waals surface area contributed by atoms with E-state index in [4.69, 9.17) is 5.11 Å². The summed E-state index contributed by atoms with van der Waals surface area (Å²) in [6, 6.07) is 0. The van der Waals surface area contributed by atoms with Gasteiger partial charge in [0.25, 0.3) is 0 Å². The van der Waals surface area contributed by atoms with Crippen molar-refractivity contribution in [2.24, 2.45) is 7.05 Å². The summed E-state index contributed by atoms with van der Waals surface area (Å²) in [7, 11) is -1.67. The Morgan fingerprint density at radius 2 is 2.22 bits per heavy atom. The highest BCUT2D eigenvalue weighted by Gasteiger charge is 2.12. The fraction of sp³-hybridized carbons (Fsp3) is 0.600. The third-order valence-corrected chi connectivity index (χ3v) is 3.81. The first kappa shape index (κ1) is 14.7. The van der Waals surface area contributed by atoms with Gasteiger partial charge in [-0.15, -0.1) is 0 Å². The lowest BCUT2D eigenvalue weighted by molar-refractivity contribution is -0.137. The molecule has 1 rings (SSSR count). The second-order valence-electron chi connectivity index (χ2n) is 4.05. The number of carboxylic acid groups (broad SMARTS) is 1. The fourth-order valence-electron chi connectivity index (χ4n) is 1.50. The number of hydrogen-bond donors (Lipinski definition) is 2. The molecule has 102 valence electrons. The van der Waals surface area contributed by atoms with Crippen LogP contribution in [0.5, 0.6) is 0 Å². The van der Waals surface area contributed by atoms with Crippen molar-refractivity contribution in [2.45, 2.75) is 26.3 Å². The Kier molecular flexibility index (Phi) is 4.85. The molecule has 1 aromatic rings. The van der Waals surface area contributed by atoms with Crippen LogP contribution in [0, 0.1) is 6.92 Å². The molecule has 18 heavy (non-hydrogen) atoms. The molecule has 0 spiro atoms. The van der Waals surface area contributed by atoms with E-state index in [9.17, 15) is 13.2 Å². The maximum absolute atomic E-state index is 11.6. The van der Waals surface area contributed by atoms with Gasteiger partial charge in [0, 0.05) is 31.8 Å². The summed E-state index contributed by atoms with van der Waals surface area (Å²) in [6.45, 7) is 1.98. The number of rotatable bonds is 7. The second kappa shape index (κ2) is 5.96. The minimum atomic E-state index is -3.43. The molecule has 1 aromatic heterocycles. The van der Waals surface area contributed by atoms with Crippen molar-refractivity contribution in [3.05, 3.63) is 17.5 Å². The SMILES string of the molecule is Cc1nn(C)cc1CNS(=O)(=O)CCCC(=O)O. The molecule has 0 aromatic carbocycles. The topological polar surface area (TPSA) is 101 Å². The molecule has 0 aliphatic rings. The minimum Gasteiger partial charge on any atom is -0.481 e. The third-order valence-electron chi connectivity index (χ3n) is 2.40. The lowest BCUT2D eigenvalue weighted by Gasteiger charge is -2.05. The van der Waals surface area contributed by atoms with Gasteiger partial charge in [-0.3, -0.25) is 9.48 Å². The molecule has 7 nitrogen and oxygen atoms in total. The third kappa shape index (κ3) is 4.84. The van der Waals surface area contributed by atoms with E-state index in [1.807, 2.05) is 0 Å². The molecule has 2 N–H and O–H groups in total. The van der Waals surface area contributed by atoms with Crippen molar-refractivity contribution in [1.82, 2.24) is 14.5 Å². The first-order valence-corrected chi connectivity index (χ1v) is 7.13. The lowest BCUT2D eigenvalue weighted by Crippen LogP contribution is -2.26. The van der Waals surface area contributed by atoms with E-state index in [1.54, 1.807) is 24.9 Å². The summed E-state index contributed by atoms with van der Waals surface area (Å²) < 4.78 is 27.2. The van der Waals surface area contributed by atoms with Gasteiger partial charge in [-0.05, 0) is 13.3 Å². The van der Waals surface area contributed by atoms with Crippen LogP contribution < -0.4 is 4.72 Å². The van der Waals surface area contributed by atoms with Crippen LogP contribution in [0.1, 0.15) is 24.1 Å². The molecule has 0 radical (unpaired) electrons. The second-order valence-corrected chi connectivity index (χ2v) is 5.98. The fourth-order valence-corrected chi connectivity index (χ4v) is 2.54. The summed E-state index contributed by atoms with van der Waals surface area (Å²) in [4.78, 5) is 10.3. The Morgan fingerprint density at radius 1 is 1.56 bits per heavy atom. The first-order chi connectivity index (χ1) is 8.30. The molecule has 0 aliphatic heterocycles. The Bertz CT molecular complexity index is 521. The molecule has 0 amide bonds. The zero-order chi connectivity index (χ0) is 13.8. The molecule has 0 bridgehead atoms. The van der Waals surface area contributed by atoms with Crippen LogP contribution in [-0.4, -0.2) is 35.0 Å². The minimum absolute atomic E-state index is 0.108. The smallest absolute Gasteiger partial charge is 0.303 e. The summed E-state index contributed by atoms with van der Waals surface area (Å²) in [6.07, 6.45) is 1.71. The highest BCUT2D eigenvalue weighted by Crippen LogP contribution is 2.05. The van der Waals surface area contributed by atoms with Crippen molar-refractivity contribution in [2.75, 3.05) is 5.75 Å². The number of aromatic nitrogens is 2. The van der Waals surface area contributed by atoms with Gasteiger partial charge in [-0.1, -0.05) is 0 Å². The van der Waals surface area contributed by atoms with Gasteiger partial charge in [0.15, 0.2) is 0 Å². The monoisotopic (exact) mass is 275 g/mol. The molecular formula is C10H17N3O4S. The Morgan fingerprint density at radius 3 is 2.72 bits per heavy atom. The lowest BCUT2D eigenvalue weighted by atomic mass is 10.3. The highest BCUT2D eigenvalue weighted by molar-refractivity contribution is 7.89. The molecular weight excluding hydrogens is 258 g/mol. The van der Waals surface area contributed by atoms with Gasteiger partial charge >= 0.3 is 5.97 Å². The number of sulfonamides is 1. The zero-order valence-corrected chi connectivity index (χ0v) is 11.2. The van der Waals surface area contributed by atoms with Crippen molar-refractivity contribution < 1.29 is 18.3 Å². The van der Waals surface area contributed by atoms with Crippen LogP contribution in [0.3, 0.4) is 0 Å². The number of carbonyl (C=O) groups is 1. The Balaban J connectivity index is 2.46. The van der Waals surface area contributed by atoms with Crippen LogP contribution >= 0.6 is 0 Å². The Labute approximate surface area is 106 Å². The van der Waals surface area contributed by atoms with Gasteiger partial charge in [0.05, 0.1) is 11.4 Å². The largest absolute Gasteiger partial charge is 0.481 e. The molecule has 0 atom stereocenters. The van der Waals surface area contributed by atoms with Gasteiger partial charge in [0.2, 0.25) is 10.0 Å². The Hall–Kier alpha value is -1.41. The van der Waals surface area contributed by atoms with Crippen molar-refractivity contribution >= 4 is 16.0 Å². The van der Waals surface area contributed by atoms with Crippen molar-refractivity contribution in [1.29, 1.82) is 0 Å². The number of nitrogens with zero attached hydrogens (tertiary/aromatic N) is 2. The highest BCUT2D eigenvalue weighted by atomic mass is 32.2. The molecule has 0 saturated heterocycles. The van der Waals surface area contributed by atoms with Gasteiger partial charge in [0.1, 0.15) is 0 Å². The maximum atomic E-state index is 11.6. The standard InChI is InChI=1S/C10H17N3O4S/c1-8-9(7-13(2)12-8)6-11-18(16,17)5-3-4-10(14)15/h7,11H,3-6H2,1-2H3,(H,14,15). The van der Waals surface area contributed by atoms with E-state index in [-0.39, 0.29) is 25.1 Å². The van der Waals surface area contributed by atoms with Gasteiger partial charge in [-0.25, -0.2) is 13.1 Å². The van der Waals surface area contributed by atoms with E-state index < -0.39 is 16.0 Å². The van der Waals surface area contributed by atoms with E-state index in [0.29, 0.717) is 0 Å². The van der Waals surface area contributed by atoms with E-state index in [2.05, 4.69) is 9.82 Å². The van der Waals surface area contributed by atoms with Crippen LogP contribution in [0.2, 0.25) is 0 Å². The molecule has 1 heterocycles. The molecule has 0 saturated carbocycles. The van der Waals surface area contributed by atoms with Crippen molar-refractivity contribution in [3.63, 3.8) is 0 Å². The molecule has 8 heteroatoms. The van der Waals surface area contributed by atoms with Crippen LogP contribution in [0.4, 0.5) is 0 Å². The normalized spacial score (nSPS) is 11.7. The molecule has 0 fully saturated rings. The number of nitrogens with one attached hydrogen (secondary N) is 1. The zero-order valence-electron chi connectivity index (χ0n) is 10.4. The first-order valence-electron chi connectivity index (χ1n) is 5.48. The maximum Gasteiger partial charge on any atom is 0.303 e. The number of aliphatic carboxylic acids is 1. The summed E-state index contributed by atoms with van der Waals surface area (Å²) in [5, 5.41) is 12.5. The van der Waals surface area contributed by atoms with E-state index in [1.165, 1.54) is 0 Å². The summed E-state index contributed by atoms with van der Waals surface area (Å²) in [5.41, 5.74) is 1.57. The van der Waals surface area contributed by atoms with E-state index in [0.717, 1.165) is 11.3 Å². The van der Waals surface area contributed by atoms with E-state index >= 15 is 0 Å². The summed E-state index contributed by atoms with van der Waals surface area (Å²) >= 11 is 0. The molecule has 0 unspecified atom stereocenters. The molecule has 0 aliphatic carbocycles.